The van der Waals surface area contributed by atoms with Crippen molar-refractivity contribution in [1.82, 2.24) is 4.90 Å². The van der Waals surface area contributed by atoms with Crippen LogP contribution in [0.25, 0.3) is 0 Å². The summed E-state index contributed by atoms with van der Waals surface area (Å²) >= 11 is 2.06. The molecule has 0 aromatic heterocycles. The molecule has 0 saturated carbocycles. The van der Waals surface area contributed by atoms with Gasteiger partial charge in [0.25, 0.3) is 0 Å². The number of hydrogen-bond donors (Lipinski definition) is 1. The van der Waals surface area contributed by atoms with Crippen LogP contribution in [0, 0.1) is 5.92 Å². The normalized spacial score (nSPS) is 23.2. The summed E-state index contributed by atoms with van der Waals surface area (Å²) in [7, 11) is 0. The number of likely N-dealkylation sites (tertiary alicyclic amines) is 1. The maximum atomic E-state index is 5.62. The molecule has 90 valence electrons. The maximum Gasteiger partial charge on any atom is 0.00101 e. The molecule has 3 heteroatoms. The van der Waals surface area contributed by atoms with Crippen molar-refractivity contribution in [2.75, 3.05) is 37.7 Å². The van der Waals surface area contributed by atoms with Gasteiger partial charge in [0.05, 0.1) is 0 Å². The zero-order valence-corrected chi connectivity index (χ0v) is 10.9. The van der Waals surface area contributed by atoms with E-state index in [9.17, 15) is 0 Å². The average molecular weight is 230 g/mol. The van der Waals surface area contributed by atoms with Gasteiger partial charge in [-0.2, -0.15) is 11.8 Å². The molecule has 0 aromatic rings. The summed E-state index contributed by atoms with van der Waals surface area (Å²) in [6, 6.07) is 0. The molecule has 1 atom stereocenters. The Morgan fingerprint density at radius 2 is 2.33 bits per heavy atom. The molecule has 0 amide bonds. The van der Waals surface area contributed by atoms with E-state index in [1.54, 1.807) is 0 Å². The van der Waals surface area contributed by atoms with Crippen LogP contribution < -0.4 is 5.73 Å². The summed E-state index contributed by atoms with van der Waals surface area (Å²) in [5, 5.41) is 0. The van der Waals surface area contributed by atoms with Crippen LogP contribution in [0.3, 0.4) is 0 Å². The lowest BCUT2D eigenvalue weighted by molar-refractivity contribution is 0.171. The highest BCUT2D eigenvalue weighted by molar-refractivity contribution is 7.99. The molecule has 1 unspecified atom stereocenters. The van der Waals surface area contributed by atoms with Crippen molar-refractivity contribution in [1.29, 1.82) is 0 Å². The van der Waals surface area contributed by atoms with Crippen molar-refractivity contribution in [3.63, 3.8) is 0 Å². The summed E-state index contributed by atoms with van der Waals surface area (Å²) in [5.74, 6) is 3.47. The van der Waals surface area contributed by atoms with Gasteiger partial charge < -0.3 is 10.6 Å². The Morgan fingerprint density at radius 1 is 1.47 bits per heavy atom. The first-order chi connectivity index (χ1) is 7.36. The van der Waals surface area contributed by atoms with E-state index >= 15 is 0 Å². The van der Waals surface area contributed by atoms with Gasteiger partial charge in [0.15, 0.2) is 0 Å². The van der Waals surface area contributed by atoms with Gasteiger partial charge in [0.2, 0.25) is 0 Å². The lowest BCUT2D eigenvalue weighted by Crippen LogP contribution is -2.36. The number of nitrogens with zero attached hydrogens (tertiary/aromatic N) is 1. The summed E-state index contributed by atoms with van der Waals surface area (Å²) in [6.07, 6.45) is 5.36. The summed E-state index contributed by atoms with van der Waals surface area (Å²) in [6.45, 7) is 7.02. The smallest absolute Gasteiger partial charge is 0.00101 e. The van der Waals surface area contributed by atoms with Crippen LogP contribution >= 0.6 is 11.8 Å². The maximum absolute atomic E-state index is 5.62. The SMILES string of the molecule is CCSCCCN1CCCC(CCN)C1. The van der Waals surface area contributed by atoms with E-state index < -0.39 is 0 Å². The monoisotopic (exact) mass is 230 g/mol. The molecule has 0 aliphatic carbocycles. The van der Waals surface area contributed by atoms with Crippen molar-refractivity contribution >= 4 is 11.8 Å². The molecule has 0 bridgehead atoms. The third-order valence-corrected chi connectivity index (χ3v) is 4.13. The summed E-state index contributed by atoms with van der Waals surface area (Å²) < 4.78 is 0. The second kappa shape index (κ2) is 8.43. The molecule has 1 saturated heterocycles. The fourth-order valence-corrected chi connectivity index (χ4v) is 2.98. The van der Waals surface area contributed by atoms with Gasteiger partial charge >= 0.3 is 0 Å². The molecule has 1 fully saturated rings. The Bertz CT molecular complexity index is 151. The van der Waals surface area contributed by atoms with Gasteiger partial charge in [-0.3, -0.25) is 0 Å². The molecule has 2 N–H and O–H groups in total. The molecule has 1 rings (SSSR count). The largest absolute Gasteiger partial charge is 0.330 e. The van der Waals surface area contributed by atoms with Crippen LogP contribution in [0.1, 0.15) is 32.6 Å². The second-order valence-electron chi connectivity index (χ2n) is 4.44. The van der Waals surface area contributed by atoms with E-state index in [0.29, 0.717) is 0 Å². The Labute approximate surface area is 99.0 Å². The Hall–Kier alpha value is 0.270. The van der Waals surface area contributed by atoms with Gasteiger partial charge in [-0.25, -0.2) is 0 Å². The van der Waals surface area contributed by atoms with Gasteiger partial charge in [0.1, 0.15) is 0 Å². The minimum Gasteiger partial charge on any atom is -0.330 e. The highest BCUT2D eigenvalue weighted by atomic mass is 32.2. The number of hydrogen-bond acceptors (Lipinski definition) is 3. The first-order valence-corrected chi connectivity index (χ1v) is 7.52. The van der Waals surface area contributed by atoms with Gasteiger partial charge in [-0.05, 0) is 62.7 Å². The molecule has 0 radical (unpaired) electrons. The molecule has 15 heavy (non-hydrogen) atoms. The van der Waals surface area contributed by atoms with Crippen LogP contribution in [0.15, 0.2) is 0 Å². The van der Waals surface area contributed by atoms with Crippen molar-refractivity contribution in [2.45, 2.75) is 32.6 Å². The van der Waals surface area contributed by atoms with Gasteiger partial charge in [-0.1, -0.05) is 6.92 Å². The average Bonchev–Trinajstić information content (AvgIpc) is 2.26. The minimum atomic E-state index is 0.865. The second-order valence-corrected chi connectivity index (χ2v) is 5.83. The topological polar surface area (TPSA) is 29.3 Å². The van der Waals surface area contributed by atoms with E-state index in [2.05, 4.69) is 23.6 Å². The third kappa shape index (κ3) is 5.79. The predicted octanol–water partition coefficient (Wildman–Crippen LogP) is 2.19. The minimum absolute atomic E-state index is 0.865. The fourth-order valence-electron chi connectivity index (χ4n) is 2.36. The molecule has 1 aliphatic rings. The molecule has 1 heterocycles. The fraction of sp³-hybridized carbons (Fsp3) is 1.00. The first kappa shape index (κ1) is 13.3. The van der Waals surface area contributed by atoms with E-state index in [1.165, 1.54) is 56.8 Å². The van der Waals surface area contributed by atoms with Crippen molar-refractivity contribution in [3.05, 3.63) is 0 Å². The Balaban J connectivity index is 2.07. The van der Waals surface area contributed by atoms with Crippen molar-refractivity contribution in [3.8, 4) is 0 Å². The van der Waals surface area contributed by atoms with Gasteiger partial charge in [-0.15, -0.1) is 0 Å². The van der Waals surface area contributed by atoms with Gasteiger partial charge in [0, 0.05) is 6.54 Å². The lowest BCUT2D eigenvalue weighted by atomic mass is 9.95. The molecular formula is C12H26N2S. The van der Waals surface area contributed by atoms with Crippen LogP contribution in [-0.4, -0.2) is 42.6 Å². The van der Waals surface area contributed by atoms with E-state index in [1.807, 2.05) is 0 Å². The van der Waals surface area contributed by atoms with Crippen LogP contribution in [0.5, 0.6) is 0 Å². The summed E-state index contributed by atoms with van der Waals surface area (Å²) in [5.41, 5.74) is 5.62. The summed E-state index contributed by atoms with van der Waals surface area (Å²) in [4.78, 5) is 2.64. The molecule has 0 spiro atoms. The van der Waals surface area contributed by atoms with E-state index in [4.69, 9.17) is 5.73 Å². The lowest BCUT2D eigenvalue weighted by Gasteiger charge is -2.32. The Morgan fingerprint density at radius 3 is 3.07 bits per heavy atom. The highest BCUT2D eigenvalue weighted by Crippen LogP contribution is 2.19. The standard InChI is InChI=1S/C12H26N2S/c1-2-15-10-4-9-14-8-3-5-12(11-14)6-7-13/h12H,2-11,13H2,1H3. The van der Waals surface area contributed by atoms with E-state index in [-0.39, 0.29) is 0 Å². The molecule has 0 aromatic carbocycles. The zero-order valence-electron chi connectivity index (χ0n) is 10.1. The van der Waals surface area contributed by atoms with Crippen LogP contribution in [0.2, 0.25) is 0 Å². The number of nitrogens with two attached hydrogens (primary N) is 1. The van der Waals surface area contributed by atoms with Crippen molar-refractivity contribution in [2.24, 2.45) is 11.7 Å². The molecular weight excluding hydrogens is 204 g/mol. The third-order valence-electron chi connectivity index (χ3n) is 3.15. The number of piperidine rings is 1. The molecule has 2 nitrogen and oxygen atoms in total. The zero-order chi connectivity index (χ0) is 10.9. The number of rotatable bonds is 7. The quantitative estimate of drug-likeness (QED) is 0.680. The van der Waals surface area contributed by atoms with Crippen molar-refractivity contribution < 1.29 is 0 Å². The molecule has 1 aliphatic heterocycles. The van der Waals surface area contributed by atoms with E-state index in [0.717, 1.165) is 12.5 Å². The highest BCUT2D eigenvalue weighted by Gasteiger charge is 2.18. The first-order valence-electron chi connectivity index (χ1n) is 6.37. The predicted molar refractivity (Wildman–Crippen MR) is 70.5 cm³/mol. The van der Waals surface area contributed by atoms with Crippen LogP contribution in [-0.2, 0) is 0 Å². The van der Waals surface area contributed by atoms with Crippen LogP contribution in [0.4, 0.5) is 0 Å². The number of thioether (sulfide) groups is 1. The Kier molecular flexibility index (Phi) is 7.49.